The number of Topliss-reactive ketones (excluding diaryl/α,β-unsaturated/α-hetero) is 1. The van der Waals surface area contributed by atoms with Crippen LogP contribution in [0.5, 0.6) is 0 Å². The average molecular weight is 277 g/mol. The van der Waals surface area contributed by atoms with Crippen LogP contribution in [0, 0.1) is 5.82 Å². The summed E-state index contributed by atoms with van der Waals surface area (Å²) in [6.07, 6.45) is 2.10. The maximum Gasteiger partial charge on any atom is 0.165 e. The van der Waals surface area contributed by atoms with Gasteiger partial charge in [0.05, 0.1) is 5.56 Å². The van der Waals surface area contributed by atoms with Crippen molar-refractivity contribution in [1.82, 2.24) is 0 Å². The molecule has 0 spiro atoms. The SMILES string of the molecule is CCC(=O)c1cc(Br)cc(SC)c1F. The summed E-state index contributed by atoms with van der Waals surface area (Å²) in [5, 5.41) is 0. The number of rotatable bonds is 3. The lowest BCUT2D eigenvalue weighted by Crippen LogP contribution is -2.01. The number of benzene rings is 1. The van der Waals surface area contributed by atoms with Crippen LogP contribution in [-0.2, 0) is 0 Å². The Bertz CT molecular complexity index is 365. The Morgan fingerprint density at radius 1 is 1.57 bits per heavy atom. The molecule has 0 radical (unpaired) electrons. The first-order valence-corrected chi connectivity index (χ1v) is 6.18. The Labute approximate surface area is 95.2 Å². The third-order valence-electron chi connectivity index (χ3n) is 1.85. The molecule has 1 aromatic carbocycles. The topological polar surface area (TPSA) is 17.1 Å². The van der Waals surface area contributed by atoms with E-state index < -0.39 is 5.82 Å². The van der Waals surface area contributed by atoms with Gasteiger partial charge in [0.25, 0.3) is 0 Å². The molecule has 1 aromatic rings. The average Bonchev–Trinajstić information content (AvgIpc) is 2.19. The molecule has 0 atom stereocenters. The first kappa shape index (κ1) is 11.7. The van der Waals surface area contributed by atoms with Crippen LogP contribution in [0.1, 0.15) is 23.7 Å². The molecule has 0 heterocycles. The van der Waals surface area contributed by atoms with Crippen molar-refractivity contribution >= 4 is 33.5 Å². The smallest absolute Gasteiger partial charge is 0.165 e. The Hall–Kier alpha value is -0.350. The van der Waals surface area contributed by atoms with E-state index in [9.17, 15) is 9.18 Å². The third-order valence-corrected chi connectivity index (χ3v) is 3.04. The quantitative estimate of drug-likeness (QED) is 0.615. The molecule has 76 valence electrons. The Balaban J connectivity index is 3.29. The predicted octanol–water partition coefficient (Wildman–Crippen LogP) is 3.90. The molecular formula is C10H10BrFOS. The molecule has 0 aliphatic rings. The predicted molar refractivity (Wildman–Crippen MR) is 60.5 cm³/mol. The second-order valence-corrected chi connectivity index (χ2v) is 4.51. The molecule has 14 heavy (non-hydrogen) atoms. The molecular weight excluding hydrogens is 267 g/mol. The molecule has 0 aromatic heterocycles. The van der Waals surface area contributed by atoms with E-state index in [1.165, 1.54) is 17.8 Å². The highest BCUT2D eigenvalue weighted by molar-refractivity contribution is 9.10. The van der Waals surface area contributed by atoms with E-state index in [1.54, 1.807) is 19.2 Å². The van der Waals surface area contributed by atoms with Gasteiger partial charge in [0.1, 0.15) is 5.82 Å². The van der Waals surface area contributed by atoms with E-state index in [1.807, 2.05) is 0 Å². The van der Waals surface area contributed by atoms with Crippen LogP contribution in [0.3, 0.4) is 0 Å². The van der Waals surface area contributed by atoms with Gasteiger partial charge in [-0.1, -0.05) is 22.9 Å². The van der Waals surface area contributed by atoms with Crippen molar-refractivity contribution in [3.63, 3.8) is 0 Å². The lowest BCUT2D eigenvalue weighted by Gasteiger charge is -2.05. The van der Waals surface area contributed by atoms with Crippen molar-refractivity contribution < 1.29 is 9.18 Å². The molecule has 0 saturated heterocycles. The fourth-order valence-electron chi connectivity index (χ4n) is 1.11. The first-order chi connectivity index (χ1) is 6.60. The number of hydrogen-bond donors (Lipinski definition) is 0. The van der Waals surface area contributed by atoms with Gasteiger partial charge in [-0.05, 0) is 18.4 Å². The van der Waals surface area contributed by atoms with Gasteiger partial charge in [-0.2, -0.15) is 0 Å². The van der Waals surface area contributed by atoms with Gasteiger partial charge in [0, 0.05) is 15.8 Å². The van der Waals surface area contributed by atoms with Gasteiger partial charge < -0.3 is 0 Å². The summed E-state index contributed by atoms with van der Waals surface area (Å²) in [4.78, 5) is 11.9. The third kappa shape index (κ3) is 2.36. The molecule has 0 saturated carbocycles. The Kier molecular flexibility index (Phi) is 4.13. The minimum atomic E-state index is -0.410. The zero-order valence-corrected chi connectivity index (χ0v) is 10.3. The molecule has 0 fully saturated rings. The summed E-state index contributed by atoms with van der Waals surface area (Å²) in [5.41, 5.74) is 0.172. The fourth-order valence-corrected chi connectivity index (χ4v) is 2.25. The monoisotopic (exact) mass is 276 g/mol. The van der Waals surface area contributed by atoms with Crippen LogP contribution in [-0.4, -0.2) is 12.0 Å². The first-order valence-electron chi connectivity index (χ1n) is 4.16. The van der Waals surface area contributed by atoms with Crippen molar-refractivity contribution in [2.45, 2.75) is 18.2 Å². The highest BCUT2D eigenvalue weighted by Crippen LogP contribution is 2.27. The van der Waals surface area contributed by atoms with E-state index in [-0.39, 0.29) is 11.3 Å². The summed E-state index contributed by atoms with van der Waals surface area (Å²) in [6.45, 7) is 1.72. The summed E-state index contributed by atoms with van der Waals surface area (Å²) in [7, 11) is 0. The minimum Gasteiger partial charge on any atom is -0.294 e. The van der Waals surface area contributed by atoms with Crippen LogP contribution in [0.4, 0.5) is 4.39 Å². The molecule has 0 unspecified atom stereocenters. The standard InChI is InChI=1S/C10H10BrFOS/c1-3-8(13)7-4-6(11)5-9(14-2)10(7)12/h4-5H,3H2,1-2H3. The maximum atomic E-state index is 13.6. The summed E-state index contributed by atoms with van der Waals surface area (Å²) in [6, 6.07) is 3.20. The normalized spacial score (nSPS) is 10.3. The second kappa shape index (κ2) is 4.94. The molecule has 0 aliphatic carbocycles. The Morgan fingerprint density at radius 2 is 2.21 bits per heavy atom. The van der Waals surface area contributed by atoms with E-state index in [0.29, 0.717) is 11.3 Å². The van der Waals surface area contributed by atoms with Crippen LogP contribution in [0.25, 0.3) is 0 Å². The Morgan fingerprint density at radius 3 is 2.71 bits per heavy atom. The fraction of sp³-hybridized carbons (Fsp3) is 0.300. The summed E-state index contributed by atoms with van der Waals surface area (Å²) >= 11 is 4.55. The van der Waals surface area contributed by atoms with Crippen LogP contribution in [0.2, 0.25) is 0 Å². The lowest BCUT2D eigenvalue weighted by molar-refractivity contribution is 0.0983. The van der Waals surface area contributed by atoms with E-state index in [2.05, 4.69) is 15.9 Å². The number of ketones is 1. The van der Waals surface area contributed by atoms with Gasteiger partial charge >= 0.3 is 0 Å². The zero-order valence-electron chi connectivity index (χ0n) is 7.93. The largest absolute Gasteiger partial charge is 0.294 e. The van der Waals surface area contributed by atoms with Crippen molar-refractivity contribution in [2.24, 2.45) is 0 Å². The molecule has 0 bridgehead atoms. The highest BCUT2D eigenvalue weighted by atomic mass is 79.9. The second-order valence-electron chi connectivity index (χ2n) is 2.75. The van der Waals surface area contributed by atoms with Crippen LogP contribution < -0.4 is 0 Å². The maximum absolute atomic E-state index is 13.6. The van der Waals surface area contributed by atoms with Gasteiger partial charge in [-0.15, -0.1) is 11.8 Å². The van der Waals surface area contributed by atoms with E-state index in [0.717, 1.165) is 4.47 Å². The van der Waals surface area contributed by atoms with Gasteiger partial charge in [-0.3, -0.25) is 4.79 Å². The number of thioether (sulfide) groups is 1. The van der Waals surface area contributed by atoms with E-state index >= 15 is 0 Å². The van der Waals surface area contributed by atoms with Crippen molar-refractivity contribution in [2.75, 3.05) is 6.26 Å². The van der Waals surface area contributed by atoms with Crippen LogP contribution >= 0.6 is 27.7 Å². The number of carbonyl (C=O) groups excluding carboxylic acids is 1. The zero-order chi connectivity index (χ0) is 10.7. The minimum absolute atomic E-state index is 0.167. The van der Waals surface area contributed by atoms with Crippen molar-refractivity contribution in [1.29, 1.82) is 0 Å². The van der Waals surface area contributed by atoms with Crippen molar-refractivity contribution in [3.05, 3.63) is 28.0 Å². The summed E-state index contributed by atoms with van der Waals surface area (Å²) in [5.74, 6) is -0.577. The van der Waals surface area contributed by atoms with Gasteiger partial charge in [-0.25, -0.2) is 4.39 Å². The highest BCUT2D eigenvalue weighted by Gasteiger charge is 2.14. The molecule has 4 heteroatoms. The van der Waals surface area contributed by atoms with E-state index in [4.69, 9.17) is 0 Å². The number of carbonyl (C=O) groups is 1. The summed E-state index contributed by atoms with van der Waals surface area (Å²) < 4.78 is 14.4. The van der Waals surface area contributed by atoms with Gasteiger partial charge in [0.15, 0.2) is 5.78 Å². The molecule has 0 aliphatic heterocycles. The van der Waals surface area contributed by atoms with Crippen molar-refractivity contribution in [3.8, 4) is 0 Å². The lowest BCUT2D eigenvalue weighted by atomic mass is 10.1. The molecule has 1 nitrogen and oxygen atoms in total. The van der Waals surface area contributed by atoms with Crippen LogP contribution in [0.15, 0.2) is 21.5 Å². The molecule has 1 rings (SSSR count). The molecule has 0 amide bonds. The number of hydrogen-bond acceptors (Lipinski definition) is 2. The molecule has 0 N–H and O–H groups in total. The number of halogens is 2. The van der Waals surface area contributed by atoms with Gasteiger partial charge in [0.2, 0.25) is 0 Å².